The maximum Gasteiger partial charge on any atom is 0.341 e. The van der Waals surface area contributed by atoms with Crippen LogP contribution >= 0.6 is 27.3 Å². The molecule has 0 fully saturated rings. The molecule has 3 rings (SSSR count). The van der Waals surface area contributed by atoms with Crippen LogP contribution in [0.5, 0.6) is 0 Å². The van der Waals surface area contributed by atoms with E-state index in [0.29, 0.717) is 21.7 Å². The van der Waals surface area contributed by atoms with E-state index in [0.717, 1.165) is 10.0 Å². The van der Waals surface area contributed by atoms with Crippen molar-refractivity contribution in [3.63, 3.8) is 0 Å². The molecule has 3 aromatic rings. The summed E-state index contributed by atoms with van der Waals surface area (Å²) in [6, 6.07) is 13.3. The number of hydrogen-bond donors (Lipinski definition) is 1. The molecule has 158 valence electrons. The van der Waals surface area contributed by atoms with E-state index in [1.54, 1.807) is 24.4 Å². The third-order valence-corrected chi connectivity index (χ3v) is 5.62. The molecule has 0 saturated carbocycles. The second kappa shape index (κ2) is 10.1. The van der Waals surface area contributed by atoms with Crippen LogP contribution in [0.15, 0.2) is 64.5 Å². The number of non-ortho nitro benzene ring substituents is 1. The first kappa shape index (κ1) is 22.4. The van der Waals surface area contributed by atoms with Crippen LogP contribution < -0.4 is 5.32 Å². The number of benzene rings is 2. The van der Waals surface area contributed by atoms with Crippen LogP contribution in [0.25, 0.3) is 17.2 Å². The van der Waals surface area contributed by atoms with Crippen molar-refractivity contribution in [1.82, 2.24) is 0 Å². The van der Waals surface area contributed by atoms with Crippen molar-refractivity contribution in [3.05, 3.63) is 85.7 Å². The second-order valence-corrected chi connectivity index (χ2v) is 8.05. The third kappa shape index (κ3) is 5.65. The SMILES string of the molecule is CCOC(=O)c1c(-c2ccc(Br)cc2)csc1NC(=O)/C=C/c1ccc([N+](=O)[O-])cc1. The Morgan fingerprint density at radius 1 is 1.16 bits per heavy atom. The minimum atomic E-state index is -0.517. The number of ether oxygens (including phenoxy) is 1. The Balaban J connectivity index is 1.82. The van der Waals surface area contributed by atoms with Gasteiger partial charge in [-0.1, -0.05) is 28.1 Å². The zero-order valence-electron chi connectivity index (χ0n) is 16.3. The summed E-state index contributed by atoms with van der Waals surface area (Å²) < 4.78 is 6.10. The van der Waals surface area contributed by atoms with Gasteiger partial charge in [0.15, 0.2) is 0 Å². The van der Waals surface area contributed by atoms with Crippen LogP contribution in [0, 0.1) is 10.1 Å². The number of esters is 1. The molecule has 0 aliphatic carbocycles. The Morgan fingerprint density at radius 2 is 1.84 bits per heavy atom. The van der Waals surface area contributed by atoms with Gasteiger partial charge in [0.1, 0.15) is 10.6 Å². The molecule has 1 aromatic heterocycles. The predicted octanol–water partition coefficient (Wildman–Crippen LogP) is 5.91. The maximum absolute atomic E-state index is 12.6. The second-order valence-electron chi connectivity index (χ2n) is 6.25. The Hall–Kier alpha value is -3.30. The molecule has 0 atom stereocenters. The molecule has 0 unspecified atom stereocenters. The first-order chi connectivity index (χ1) is 14.9. The fourth-order valence-electron chi connectivity index (χ4n) is 2.73. The number of hydrogen-bond acceptors (Lipinski definition) is 6. The van der Waals surface area contributed by atoms with Crippen molar-refractivity contribution >= 4 is 55.9 Å². The summed E-state index contributed by atoms with van der Waals surface area (Å²) in [5, 5.41) is 15.6. The highest BCUT2D eigenvalue weighted by atomic mass is 79.9. The van der Waals surface area contributed by atoms with Gasteiger partial charge in [0.2, 0.25) is 5.91 Å². The Kier molecular flexibility index (Phi) is 7.32. The molecule has 0 radical (unpaired) electrons. The van der Waals surface area contributed by atoms with Gasteiger partial charge >= 0.3 is 5.97 Å². The Morgan fingerprint density at radius 3 is 2.45 bits per heavy atom. The van der Waals surface area contributed by atoms with Gasteiger partial charge < -0.3 is 10.1 Å². The largest absolute Gasteiger partial charge is 0.462 e. The molecule has 1 amide bonds. The molecule has 31 heavy (non-hydrogen) atoms. The lowest BCUT2D eigenvalue weighted by Crippen LogP contribution is -2.12. The molecular formula is C22H17BrN2O5S. The predicted molar refractivity (Wildman–Crippen MR) is 124 cm³/mol. The van der Waals surface area contributed by atoms with Crippen LogP contribution in [0.4, 0.5) is 10.7 Å². The summed E-state index contributed by atoms with van der Waals surface area (Å²) in [5.41, 5.74) is 2.40. The summed E-state index contributed by atoms with van der Waals surface area (Å²) in [6.45, 7) is 1.93. The number of nitro benzene ring substituents is 1. The average Bonchev–Trinajstić information content (AvgIpc) is 3.16. The highest BCUT2D eigenvalue weighted by Crippen LogP contribution is 2.36. The number of thiophene rings is 1. The third-order valence-electron chi connectivity index (χ3n) is 4.19. The van der Waals surface area contributed by atoms with Gasteiger partial charge in [0, 0.05) is 33.6 Å². The van der Waals surface area contributed by atoms with Crippen molar-refractivity contribution in [2.24, 2.45) is 0 Å². The van der Waals surface area contributed by atoms with Crippen molar-refractivity contribution in [2.45, 2.75) is 6.92 Å². The fourth-order valence-corrected chi connectivity index (χ4v) is 3.95. The van der Waals surface area contributed by atoms with Crippen molar-refractivity contribution in [3.8, 4) is 11.1 Å². The van der Waals surface area contributed by atoms with E-state index < -0.39 is 16.8 Å². The number of carbonyl (C=O) groups is 2. The summed E-state index contributed by atoms with van der Waals surface area (Å²) >= 11 is 4.62. The van der Waals surface area contributed by atoms with Gasteiger partial charge in [0.25, 0.3) is 5.69 Å². The van der Waals surface area contributed by atoms with Crippen LogP contribution in [-0.4, -0.2) is 23.4 Å². The maximum atomic E-state index is 12.6. The summed E-state index contributed by atoms with van der Waals surface area (Å²) in [5.74, 6) is -0.954. The van der Waals surface area contributed by atoms with E-state index in [9.17, 15) is 19.7 Å². The lowest BCUT2D eigenvalue weighted by Gasteiger charge is -2.08. The Labute approximate surface area is 190 Å². The number of halogens is 1. The molecule has 7 nitrogen and oxygen atoms in total. The molecule has 0 saturated heterocycles. The molecule has 9 heteroatoms. The lowest BCUT2D eigenvalue weighted by molar-refractivity contribution is -0.384. The summed E-state index contributed by atoms with van der Waals surface area (Å²) in [6.07, 6.45) is 2.83. The molecule has 0 aliphatic heterocycles. The Bertz CT molecular complexity index is 1140. The molecule has 0 aliphatic rings. The van der Waals surface area contributed by atoms with Crippen molar-refractivity contribution < 1.29 is 19.2 Å². The number of nitrogens with zero attached hydrogens (tertiary/aromatic N) is 1. The normalized spacial score (nSPS) is 10.8. The standard InChI is InChI=1S/C22H17BrN2O5S/c1-2-30-22(27)20-18(15-6-8-16(23)9-7-15)13-31-21(20)24-19(26)12-5-14-3-10-17(11-4-14)25(28)29/h3-13H,2H2,1H3,(H,24,26)/b12-5+. The molecule has 1 N–H and O–H groups in total. The number of nitro groups is 1. The first-order valence-corrected chi connectivity index (χ1v) is 10.8. The quantitative estimate of drug-likeness (QED) is 0.188. The molecule has 0 spiro atoms. The van der Waals surface area contributed by atoms with Crippen LogP contribution in [0.3, 0.4) is 0 Å². The van der Waals surface area contributed by atoms with E-state index in [4.69, 9.17) is 4.74 Å². The monoisotopic (exact) mass is 500 g/mol. The zero-order chi connectivity index (χ0) is 22.4. The van der Waals surface area contributed by atoms with E-state index in [1.165, 1.54) is 35.6 Å². The average molecular weight is 501 g/mol. The lowest BCUT2D eigenvalue weighted by atomic mass is 10.0. The highest BCUT2D eigenvalue weighted by molar-refractivity contribution is 9.10. The van der Waals surface area contributed by atoms with Gasteiger partial charge in [0.05, 0.1) is 11.5 Å². The zero-order valence-corrected chi connectivity index (χ0v) is 18.7. The van der Waals surface area contributed by atoms with Crippen molar-refractivity contribution in [2.75, 3.05) is 11.9 Å². The minimum absolute atomic E-state index is 0.0280. The van der Waals surface area contributed by atoms with Gasteiger partial charge in [-0.2, -0.15) is 0 Å². The van der Waals surface area contributed by atoms with E-state index in [-0.39, 0.29) is 12.3 Å². The summed E-state index contributed by atoms with van der Waals surface area (Å²) in [4.78, 5) is 35.2. The molecule has 2 aromatic carbocycles. The van der Waals surface area contributed by atoms with E-state index in [2.05, 4.69) is 21.2 Å². The fraction of sp³-hybridized carbons (Fsp3) is 0.0909. The van der Waals surface area contributed by atoms with Gasteiger partial charge in [-0.3, -0.25) is 14.9 Å². The van der Waals surface area contributed by atoms with Crippen LogP contribution in [-0.2, 0) is 9.53 Å². The van der Waals surface area contributed by atoms with Gasteiger partial charge in [-0.05, 0) is 48.4 Å². The van der Waals surface area contributed by atoms with E-state index >= 15 is 0 Å². The number of rotatable bonds is 7. The van der Waals surface area contributed by atoms with Gasteiger partial charge in [-0.15, -0.1) is 11.3 Å². The molecule has 1 heterocycles. The number of nitrogens with one attached hydrogen (secondary N) is 1. The molecule has 0 bridgehead atoms. The summed E-state index contributed by atoms with van der Waals surface area (Å²) in [7, 11) is 0. The number of amides is 1. The highest BCUT2D eigenvalue weighted by Gasteiger charge is 2.22. The first-order valence-electron chi connectivity index (χ1n) is 9.17. The topological polar surface area (TPSA) is 98.5 Å². The smallest absolute Gasteiger partial charge is 0.341 e. The van der Waals surface area contributed by atoms with Gasteiger partial charge in [-0.25, -0.2) is 4.79 Å². The molecular weight excluding hydrogens is 484 g/mol. The number of anilines is 1. The van der Waals surface area contributed by atoms with E-state index in [1.807, 2.05) is 24.3 Å². The van der Waals surface area contributed by atoms with Crippen LogP contribution in [0.2, 0.25) is 0 Å². The van der Waals surface area contributed by atoms with Crippen LogP contribution in [0.1, 0.15) is 22.8 Å². The number of carbonyl (C=O) groups excluding carboxylic acids is 2. The van der Waals surface area contributed by atoms with Crippen molar-refractivity contribution in [1.29, 1.82) is 0 Å². The minimum Gasteiger partial charge on any atom is -0.462 e.